The van der Waals surface area contributed by atoms with Crippen LogP contribution in [0.2, 0.25) is 5.02 Å². The van der Waals surface area contributed by atoms with Crippen molar-refractivity contribution in [1.82, 2.24) is 10.2 Å². The topological polar surface area (TPSA) is 15.3 Å². The number of nitrogens with zero attached hydrogens (tertiary/aromatic N) is 1. The minimum atomic E-state index is 0.686. The number of rotatable bonds is 5. The summed E-state index contributed by atoms with van der Waals surface area (Å²) in [7, 11) is 0. The molecular formula is C15H23ClN2. The summed E-state index contributed by atoms with van der Waals surface area (Å²) < 4.78 is 0. The van der Waals surface area contributed by atoms with E-state index in [0.29, 0.717) is 6.04 Å². The first-order valence-electron chi connectivity index (χ1n) is 6.84. The Morgan fingerprint density at radius 2 is 2.06 bits per heavy atom. The van der Waals surface area contributed by atoms with Crippen molar-refractivity contribution in [2.75, 3.05) is 19.6 Å². The predicted octanol–water partition coefficient (Wildman–Crippen LogP) is 3.16. The number of nitrogens with one attached hydrogen (secondary N) is 1. The highest BCUT2D eigenvalue weighted by atomic mass is 35.5. The molecule has 1 aliphatic heterocycles. The average Bonchev–Trinajstić information content (AvgIpc) is 2.81. The van der Waals surface area contributed by atoms with Crippen molar-refractivity contribution < 1.29 is 0 Å². The van der Waals surface area contributed by atoms with Gasteiger partial charge >= 0.3 is 0 Å². The van der Waals surface area contributed by atoms with E-state index in [1.54, 1.807) is 0 Å². The molecule has 0 aliphatic carbocycles. The van der Waals surface area contributed by atoms with Gasteiger partial charge < -0.3 is 10.2 Å². The Morgan fingerprint density at radius 1 is 1.33 bits per heavy atom. The van der Waals surface area contributed by atoms with Gasteiger partial charge in [0.2, 0.25) is 0 Å². The summed E-state index contributed by atoms with van der Waals surface area (Å²) in [5.74, 6) is 0.805. The van der Waals surface area contributed by atoms with Crippen molar-refractivity contribution in [3.8, 4) is 0 Å². The molecular weight excluding hydrogens is 244 g/mol. The number of likely N-dealkylation sites (tertiary alicyclic amines) is 1. The summed E-state index contributed by atoms with van der Waals surface area (Å²) in [6, 6.07) is 8.77. The molecule has 0 spiro atoms. The molecule has 1 atom stereocenters. The Morgan fingerprint density at radius 3 is 2.67 bits per heavy atom. The minimum Gasteiger partial charge on any atom is -0.312 e. The lowest BCUT2D eigenvalue weighted by molar-refractivity contribution is 0.264. The lowest BCUT2D eigenvalue weighted by Gasteiger charge is -2.20. The van der Waals surface area contributed by atoms with Crippen molar-refractivity contribution in [1.29, 1.82) is 0 Å². The van der Waals surface area contributed by atoms with Crippen LogP contribution in [-0.2, 0) is 6.54 Å². The minimum absolute atomic E-state index is 0.686. The average molecular weight is 267 g/mol. The highest BCUT2D eigenvalue weighted by Gasteiger charge is 2.23. The van der Waals surface area contributed by atoms with E-state index in [-0.39, 0.29) is 0 Å². The van der Waals surface area contributed by atoms with Crippen LogP contribution in [0.5, 0.6) is 0 Å². The molecule has 1 saturated heterocycles. The number of hydrogen-bond donors (Lipinski definition) is 1. The maximum Gasteiger partial charge on any atom is 0.0406 e. The van der Waals surface area contributed by atoms with Crippen LogP contribution in [-0.4, -0.2) is 30.6 Å². The van der Waals surface area contributed by atoms with Crippen molar-refractivity contribution in [3.05, 3.63) is 34.9 Å². The molecule has 1 aromatic rings. The molecule has 0 saturated carbocycles. The first-order chi connectivity index (χ1) is 8.65. The molecule has 100 valence electrons. The van der Waals surface area contributed by atoms with Crippen molar-refractivity contribution in [2.24, 2.45) is 5.92 Å². The molecule has 1 heterocycles. The fourth-order valence-electron chi connectivity index (χ4n) is 2.52. The third-order valence-electron chi connectivity index (χ3n) is 3.72. The standard InChI is InChI=1S/C15H23ClN2/c1-12(2)18-8-7-14(11-18)10-17-9-13-3-5-15(16)6-4-13/h3-6,12,14,17H,7-11H2,1-2H3. The second-order valence-corrected chi connectivity index (χ2v) is 5.94. The second-order valence-electron chi connectivity index (χ2n) is 5.50. The van der Waals surface area contributed by atoms with Gasteiger partial charge in [0.1, 0.15) is 0 Å². The first-order valence-corrected chi connectivity index (χ1v) is 7.22. The Bertz CT molecular complexity index is 361. The van der Waals surface area contributed by atoms with Crippen LogP contribution in [0, 0.1) is 5.92 Å². The molecule has 0 aromatic heterocycles. The van der Waals surface area contributed by atoms with E-state index in [4.69, 9.17) is 11.6 Å². The van der Waals surface area contributed by atoms with Gasteiger partial charge in [-0.3, -0.25) is 0 Å². The van der Waals surface area contributed by atoms with E-state index < -0.39 is 0 Å². The molecule has 1 aliphatic rings. The van der Waals surface area contributed by atoms with Gasteiger partial charge in [0.05, 0.1) is 0 Å². The van der Waals surface area contributed by atoms with Crippen LogP contribution in [0.4, 0.5) is 0 Å². The fraction of sp³-hybridized carbons (Fsp3) is 0.600. The quantitative estimate of drug-likeness (QED) is 0.881. The SMILES string of the molecule is CC(C)N1CCC(CNCc2ccc(Cl)cc2)C1. The summed E-state index contributed by atoms with van der Waals surface area (Å²) in [5, 5.41) is 4.36. The fourth-order valence-corrected chi connectivity index (χ4v) is 2.65. The van der Waals surface area contributed by atoms with Gasteiger partial charge in [-0.05, 0) is 57.0 Å². The lowest BCUT2D eigenvalue weighted by Crippen LogP contribution is -2.30. The first kappa shape index (κ1) is 13.9. The van der Waals surface area contributed by atoms with Gasteiger partial charge in [0, 0.05) is 24.2 Å². The smallest absolute Gasteiger partial charge is 0.0406 e. The van der Waals surface area contributed by atoms with Gasteiger partial charge in [-0.15, -0.1) is 0 Å². The van der Waals surface area contributed by atoms with Gasteiger partial charge in [-0.25, -0.2) is 0 Å². The van der Waals surface area contributed by atoms with E-state index in [1.807, 2.05) is 12.1 Å². The van der Waals surface area contributed by atoms with Crippen molar-refractivity contribution in [3.63, 3.8) is 0 Å². The van der Waals surface area contributed by atoms with Crippen LogP contribution in [0.15, 0.2) is 24.3 Å². The van der Waals surface area contributed by atoms with Gasteiger partial charge in [0.15, 0.2) is 0 Å². The molecule has 0 amide bonds. The van der Waals surface area contributed by atoms with Gasteiger partial charge in [0.25, 0.3) is 0 Å². The van der Waals surface area contributed by atoms with Crippen molar-refractivity contribution in [2.45, 2.75) is 32.9 Å². The Hall–Kier alpha value is -0.570. The normalized spacial score (nSPS) is 20.8. The van der Waals surface area contributed by atoms with E-state index in [1.165, 1.54) is 25.1 Å². The third kappa shape index (κ3) is 3.98. The summed E-state index contributed by atoms with van der Waals surface area (Å²) in [4.78, 5) is 2.56. The van der Waals surface area contributed by atoms with E-state index >= 15 is 0 Å². The van der Waals surface area contributed by atoms with Crippen LogP contribution >= 0.6 is 11.6 Å². The zero-order valence-corrected chi connectivity index (χ0v) is 12.1. The number of benzene rings is 1. The highest BCUT2D eigenvalue weighted by molar-refractivity contribution is 6.30. The maximum absolute atomic E-state index is 5.87. The zero-order chi connectivity index (χ0) is 13.0. The molecule has 1 aromatic carbocycles. The lowest BCUT2D eigenvalue weighted by atomic mass is 10.1. The molecule has 3 heteroatoms. The van der Waals surface area contributed by atoms with Crippen molar-refractivity contribution >= 4 is 11.6 Å². The molecule has 0 bridgehead atoms. The molecule has 1 fully saturated rings. The van der Waals surface area contributed by atoms with Crippen LogP contribution in [0.25, 0.3) is 0 Å². The Balaban J connectivity index is 1.68. The van der Waals surface area contributed by atoms with Crippen LogP contribution in [0.1, 0.15) is 25.8 Å². The summed E-state index contributed by atoms with van der Waals surface area (Å²) >= 11 is 5.87. The highest BCUT2D eigenvalue weighted by Crippen LogP contribution is 2.17. The summed E-state index contributed by atoms with van der Waals surface area (Å²) in [5.41, 5.74) is 1.30. The van der Waals surface area contributed by atoms with Gasteiger partial charge in [-0.2, -0.15) is 0 Å². The Kier molecular flexibility index (Phi) is 5.04. The molecule has 18 heavy (non-hydrogen) atoms. The van der Waals surface area contributed by atoms with Crippen LogP contribution < -0.4 is 5.32 Å². The molecule has 0 radical (unpaired) electrons. The van der Waals surface area contributed by atoms with Gasteiger partial charge in [-0.1, -0.05) is 23.7 Å². The molecule has 1 unspecified atom stereocenters. The summed E-state index contributed by atoms with van der Waals surface area (Å²) in [6.07, 6.45) is 1.33. The zero-order valence-electron chi connectivity index (χ0n) is 11.3. The van der Waals surface area contributed by atoms with E-state index in [9.17, 15) is 0 Å². The molecule has 1 N–H and O–H groups in total. The Labute approximate surface area is 115 Å². The van der Waals surface area contributed by atoms with E-state index in [0.717, 1.165) is 24.0 Å². The number of hydrogen-bond acceptors (Lipinski definition) is 2. The summed E-state index contributed by atoms with van der Waals surface area (Å²) in [6.45, 7) is 9.12. The number of halogens is 1. The largest absolute Gasteiger partial charge is 0.312 e. The van der Waals surface area contributed by atoms with Crippen LogP contribution in [0.3, 0.4) is 0 Å². The maximum atomic E-state index is 5.87. The molecule has 2 rings (SSSR count). The predicted molar refractivity (Wildman–Crippen MR) is 78.0 cm³/mol. The van der Waals surface area contributed by atoms with E-state index in [2.05, 4.69) is 36.2 Å². The second kappa shape index (κ2) is 6.55. The third-order valence-corrected chi connectivity index (χ3v) is 3.97. The molecule has 2 nitrogen and oxygen atoms in total. The monoisotopic (exact) mass is 266 g/mol.